The van der Waals surface area contributed by atoms with E-state index < -0.39 is 23.3 Å². The summed E-state index contributed by atoms with van der Waals surface area (Å²) in [6.45, 7) is 0. The van der Waals surface area contributed by atoms with Crippen LogP contribution >= 0.6 is 12.4 Å². The number of rotatable bonds is 1. The van der Waals surface area contributed by atoms with Crippen molar-refractivity contribution in [1.29, 1.82) is 0 Å². The summed E-state index contributed by atoms with van der Waals surface area (Å²) in [5, 5.41) is 8.78. The summed E-state index contributed by atoms with van der Waals surface area (Å²) in [7, 11) is 0. The van der Waals surface area contributed by atoms with E-state index in [-0.39, 0.29) is 23.4 Å². The third-order valence-electron chi connectivity index (χ3n) is 2.09. The number of H-pyrrole nitrogens is 1. The Bertz CT molecular complexity index is 565. The van der Waals surface area contributed by atoms with Crippen LogP contribution in [0.5, 0.6) is 0 Å². The van der Waals surface area contributed by atoms with Crippen molar-refractivity contribution in [3.63, 3.8) is 0 Å². The van der Waals surface area contributed by atoms with Gasteiger partial charge >= 0.3 is 12.1 Å². The van der Waals surface area contributed by atoms with Gasteiger partial charge in [-0.3, -0.25) is 0 Å². The number of carboxylic acids is 1. The normalized spacial score (nSPS) is 11.2. The number of nitrogens with zero attached hydrogens (tertiary/aromatic N) is 1. The highest BCUT2D eigenvalue weighted by Crippen LogP contribution is 2.32. The van der Waals surface area contributed by atoms with Crippen LogP contribution in [0.2, 0.25) is 0 Å². The summed E-state index contributed by atoms with van der Waals surface area (Å²) in [6, 6.07) is 1.39. The number of aromatic amines is 1. The van der Waals surface area contributed by atoms with Gasteiger partial charge in [-0.05, 0) is 12.1 Å². The number of benzene rings is 1. The number of carbonyl (C=O) groups is 1. The Hall–Kier alpha value is -1.76. The second-order valence-corrected chi connectivity index (χ2v) is 3.12. The number of imidazole rings is 1. The number of nitrogens with one attached hydrogen (secondary N) is 1. The van der Waals surface area contributed by atoms with E-state index in [0.717, 1.165) is 12.4 Å². The van der Waals surface area contributed by atoms with Crippen molar-refractivity contribution in [3.05, 3.63) is 29.6 Å². The zero-order valence-corrected chi connectivity index (χ0v) is 8.89. The molecule has 0 radical (unpaired) electrons. The molecule has 0 aliphatic rings. The number of carboxylic acid groups (broad SMARTS) is 1. The smallest absolute Gasteiger partial charge is 0.416 e. The predicted molar refractivity (Wildman–Crippen MR) is 55.3 cm³/mol. The first kappa shape index (κ1) is 13.3. The molecule has 0 atom stereocenters. The number of halogens is 4. The minimum Gasteiger partial charge on any atom is -0.478 e. The van der Waals surface area contributed by atoms with Gasteiger partial charge in [-0.2, -0.15) is 13.2 Å². The van der Waals surface area contributed by atoms with Gasteiger partial charge < -0.3 is 10.1 Å². The van der Waals surface area contributed by atoms with Crippen molar-refractivity contribution < 1.29 is 23.1 Å². The molecule has 17 heavy (non-hydrogen) atoms. The number of fused-ring (bicyclic) bond motifs is 1. The second-order valence-electron chi connectivity index (χ2n) is 3.12. The molecule has 0 bridgehead atoms. The van der Waals surface area contributed by atoms with Crippen LogP contribution in [0.25, 0.3) is 11.0 Å². The summed E-state index contributed by atoms with van der Waals surface area (Å²) in [5.74, 6) is -1.43. The first-order valence-corrected chi connectivity index (χ1v) is 4.17. The molecule has 0 aliphatic heterocycles. The molecule has 0 saturated carbocycles. The maximum Gasteiger partial charge on any atom is 0.416 e. The molecule has 0 fully saturated rings. The van der Waals surface area contributed by atoms with Gasteiger partial charge in [0.15, 0.2) is 0 Å². The van der Waals surface area contributed by atoms with Gasteiger partial charge in [0.05, 0.1) is 28.5 Å². The molecule has 2 N–H and O–H groups in total. The molecule has 1 aromatic heterocycles. The Morgan fingerprint density at radius 1 is 1.35 bits per heavy atom. The van der Waals surface area contributed by atoms with E-state index in [0.29, 0.717) is 6.07 Å². The second kappa shape index (κ2) is 4.25. The first-order valence-electron chi connectivity index (χ1n) is 4.17. The molecule has 8 heteroatoms. The molecule has 2 aromatic rings. The molecule has 2 rings (SSSR count). The summed E-state index contributed by atoms with van der Waals surface area (Å²) >= 11 is 0. The predicted octanol–water partition coefficient (Wildman–Crippen LogP) is 2.70. The van der Waals surface area contributed by atoms with Crippen molar-refractivity contribution >= 4 is 29.4 Å². The van der Waals surface area contributed by atoms with Crippen LogP contribution in [-0.2, 0) is 6.18 Å². The van der Waals surface area contributed by atoms with E-state index in [9.17, 15) is 18.0 Å². The maximum atomic E-state index is 12.4. The molecule has 0 unspecified atom stereocenters. The lowest BCUT2D eigenvalue weighted by Crippen LogP contribution is -2.08. The van der Waals surface area contributed by atoms with Crippen molar-refractivity contribution in [2.24, 2.45) is 0 Å². The van der Waals surface area contributed by atoms with Crippen molar-refractivity contribution in [1.82, 2.24) is 9.97 Å². The molecule has 1 aromatic carbocycles. The monoisotopic (exact) mass is 266 g/mol. The van der Waals surface area contributed by atoms with E-state index in [2.05, 4.69) is 9.97 Å². The number of hydrogen-bond acceptors (Lipinski definition) is 2. The largest absolute Gasteiger partial charge is 0.478 e. The van der Waals surface area contributed by atoms with Crippen molar-refractivity contribution in [2.45, 2.75) is 6.18 Å². The van der Waals surface area contributed by atoms with Crippen molar-refractivity contribution in [2.75, 3.05) is 0 Å². The summed E-state index contributed by atoms with van der Waals surface area (Å²) in [6.07, 6.45) is -3.44. The third-order valence-corrected chi connectivity index (χ3v) is 2.09. The van der Waals surface area contributed by atoms with Crippen LogP contribution in [0, 0.1) is 0 Å². The van der Waals surface area contributed by atoms with E-state index in [1.165, 1.54) is 0 Å². The number of aromatic carboxylic acids is 1. The maximum absolute atomic E-state index is 12.4. The highest BCUT2D eigenvalue weighted by Gasteiger charge is 2.32. The van der Waals surface area contributed by atoms with E-state index >= 15 is 0 Å². The van der Waals surface area contributed by atoms with Gasteiger partial charge in [0.25, 0.3) is 0 Å². The topological polar surface area (TPSA) is 66.0 Å². The van der Waals surface area contributed by atoms with Gasteiger partial charge in [-0.25, -0.2) is 9.78 Å². The van der Waals surface area contributed by atoms with E-state index in [1.807, 2.05) is 0 Å². The fourth-order valence-electron chi connectivity index (χ4n) is 1.38. The van der Waals surface area contributed by atoms with Crippen molar-refractivity contribution in [3.8, 4) is 0 Å². The van der Waals surface area contributed by atoms with Crippen LogP contribution in [-0.4, -0.2) is 21.0 Å². The standard InChI is InChI=1S/C9H5F3N2O2.ClH/c10-9(11,12)4-1-5(8(15)16)7-6(2-4)13-3-14-7;/h1-3H,(H,13,14)(H,15,16);1H. The summed E-state index contributed by atoms with van der Waals surface area (Å²) in [4.78, 5) is 16.9. The van der Waals surface area contributed by atoms with E-state index in [1.54, 1.807) is 0 Å². The average Bonchev–Trinajstić information content (AvgIpc) is 2.61. The summed E-state index contributed by atoms with van der Waals surface area (Å²) in [5.41, 5.74) is -1.40. The number of hydrogen-bond donors (Lipinski definition) is 2. The zero-order valence-electron chi connectivity index (χ0n) is 8.08. The molecule has 0 spiro atoms. The fourth-order valence-corrected chi connectivity index (χ4v) is 1.38. The fraction of sp³-hybridized carbons (Fsp3) is 0.111. The van der Waals surface area contributed by atoms with Crippen LogP contribution < -0.4 is 0 Å². The molecule has 4 nitrogen and oxygen atoms in total. The number of alkyl halides is 3. The van der Waals surface area contributed by atoms with Crippen LogP contribution in [0.3, 0.4) is 0 Å². The quantitative estimate of drug-likeness (QED) is 0.834. The van der Waals surface area contributed by atoms with Gasteiger partial charge in [0.2, 0.25) is 0 Å². The van der Waals surface area contributed by atoms with Crippen LogP contribution in [0.15, 0.2) is 18.5 Å². The lowest BCUT2D eigenvalue weighted by Gasteiger charge is -2.07. The molecule has 0 saturated heterocycles. The summed E-state index contributed by atoms with van der Waals surface area (Å²) < 4.78 is 37.3. The van der Waals surface area contributed by atoms with E-state index in [4.69, 9.17) is 5.11 Å². The molecule has 92 valence electrons. The minimum atomic E-state index is -4.59. The lowest BCUT2D eigenvalue weighted by atomic mass is 10.1. The Morgan fingerprint density at radius 2 is 2.00 bits per heavy atom. The van der Waals surface area contributed by atoms with Crippen LogP contribution in [0.4, 0.5) is 13.2 Å². The Morgan fingerprint density at radius 3 is 2.53 bits per heavy atom. The highest BCUT2D eigenvalue weighted by atomic mass is 35.5. The number of aromatic nitrogens is 2. The SMILES string of the molecule is Cl.O=C(O)c1cc(C(F)(F)F)cc2nc[nH]c12. The Balaban J connectivity index is 0.00000144. The van der Waals surface area contributed by atoms with Gasteiger partial charge in [0.1, 0.15) is 0 Å². The third kappa shape index (κ3) is 2.33. The molecule has 0 amide bonds. The van der Waals surface area contributed by atoms with Crippen LogP contribution in [0.1, 0.15) is 15.9 Å². The van der Waals surface area contributed by atoms with Gasteiger partial charge in [-0.1, -0.05) is 0 Å². The molecule has 1 heterocycles. The molecule has 0 aliphatic carbocycles. The Labute approximate surface area is 98.9 Å². The highest BCUT2D eigenvalue weighted by molar-refractivity contribution is 6.01. The minimum absolute atomic E-state index is 0. The Kier molecular flexibility index (Phi) is 3.33. The first-order chi connectivity index (χ1) is 7.39. The van der Waals surface area contributed by atoms with Gasteiger partial charge in [0, 0.05) is 0 Å². The average molecular weight is 267 g/mol. The molecular formula is C9H6ClF3N2O2. The lowest BCUT2D eigenvalue weighted by molar-refractivity contribution is -0.137. The molecular weight excluding hydrogens is 261 g/mol. The zero-order chi connectivity index (χ0) is 11.9. The van der Waals surface area contributed by atoms with Gasteiger partial charge in [-0.15, -0.1) is 12.4 Å².